The van der Waals surface area contributed by atoms with E-state index in [-0.39, 0.29) is 11.3 Å². The fourth-order valence-electron chi connectivity index (χ4n) is 1.03. The highest BCUT2D eigenvalue weighted by Gasteiger charge is 2.17. The zero-order valence-corrected chi connectivity index (χ0v) is 10.6. The molecule has 86 valence electrons. The third-order valence-corrected chi connectivity index (χ3v) is 2.59. The number of hydrogen-bond donors (Lipinski definition) is 3. The third kappa shape index (κ3) is 3.09. The zero-order chi connectivity index (χ0) is 12.3. The summed E-state index contributed by atoms with van der Waals surface area (Å²) < 4.78 is 0.781. The van der Waals surface area contributed by atoms with Crippen LogP contribution >= 0.6 is 22.6 Å². The molecule has 1 unspecified atom stereocenters. The van der Waals surface area contributed by atoms with Gasteiger partial charge in [0.1, 0.15) is 11.8 Å². The summed E-state index contributed by atoms with van der Waals surface area (Å²) in [7, 11) is 0. The first-order valence-corrected chi connectivity index (χ1v) is 5.52. The summed E-state index contributed by atoms with van der Waals surface area (Å²) in [5, 5.41) is 20.3. The van der Waals surface area contributed by atoms with Crippen molar-refractivity contribution in [1.82, 2.24) is 5.32 Å². The minimum Gasteiger partial charge on any atom is -0.507 e. The Morgan fingerprint density at radius 1 is 1.44 bits per heavy atom. The Bertz CT molecular complexity index is 433. The number of aromatic hydroxyl groups is 1. The molecule has 0 fully saturated rings. The van der Waals surface area contributed by atoms with Crippen LogP contribution in [0.15, 0.2) is 18.2 Å². The van der Waals surface area contributed by atoms with Gasteiger partial charge in [-0.25, -0.2) is 0 Å². The first-order valence-electron chi connectivity index (χ1n) is 4.44. The van der Waals surface area contributed by atoms with Crippen molar-refractivity contribution in [3.8, 4) is 5.75 Å². The Morgan fingerprint density at radius 3 is 2.62 bits per heavy atom. The normalized spacial score (nSPS) is 11.9. The summed E-state index contributed by atoms with van der Waals surface area (Å²) in [6.07, 6.45) is 0. The minimum absolute atomic E-state index is 0.0694. The predicted octanol–water partition coefficient (Wildman–Crippen LogP) is 1.20. The molecule has 1 aromatic carbocycles. The van der Waals surface area contributed by atoms with Crippen LogP contribution < -0.4 is 5.32 Å². The molecule has 16 heavy (non-hydrogen) atoms. The number of carbonyl (C=O) groups is 2. The van der Waals surface area contributed by atoms with Gasteiger partial charge in [-0.2, -0.15) is 0 Å². The molecular formula is C10H10INO4. The van der Waals surface area contributed by atoms with Crippen LogP contribution in [0.4, 0.5) is 0 Å². The smallest absolute Gasteiger partial charge is 0.325 e. The molecule has 0 aromatic heterocycles. The second-order valence-electron chi connectivity index (χ2n) is 3.19. The van der Waals surface area contributed by atoms with Crippen LogP contribution in [-0.2, 0) is 4.79 Å². The van der Waals surface area contributed by atoms with Crippen LogP contribution in [0.5, 0.6) is 5.75 Å². The molecule has 3 N–H and O–H groups in total. The number of phenols is 1. The SMILES string of the molecule is CC(NC(=O)c1cc(I)ccc1O)C(=O)O. The number of phenolic OH excluding ortho intramolecular Hbond substituents is 1. The number of benzene rings is 1. The van der Waals surface area contributed by atoms with Crippen LogP contribution in [0, 0.1) is 3.57 Å². The van der Waals surface area contributed by atoms with E-state index in [2.05, 4.69) is 5.32 Å². The fraction of sp³-hybridized carbons (Fsp3) is 0.200. The summed E-state index contributed by atoms with van der Waals surface area (Å²) in [6.45, 7) is 1.35. The van der Waals surface area contributed by atoms with Crippen LogP contribution in [-0.4, -0.2) is 28.1 Å². The van der Waals surface area contributed by atoms with Gasteiger partial charge >= 0.3 is 5.97 Å². The van der Waals surface area contributed by atoms with E-state index in [4.69, 9.17) is 5.11 Å². The molecule has 1 atom stereocenters. The maximum Gasteiger partial charge on any atom is 0.325 e. The first-order chi connectivity index (χ1) is 7.41. The summed E-state index contributed by atoms with van der Waals surface area (Å²) in [6, 6.07) is 3.53. The topological polar surface area (TPSA) is 86.6 Å². The van der Waals surface area contributed by atoms with E-state index in [0.29, 0.717) is 0 Å². The molecule has 1 amide bonds. The molecule has 5 nitrogen and oxygen atoms in total. The Balaban J connectivity index is 2.88. The Morgan fingerprint density at radius 2 is 2.06 bits per heavy atom. The quantitative estimate of drug-likeness (QED) is 0.725. The van der Waals surface area contributed by atoms with Gasteiger partial charge < -0.3 is 15.5 Å². The Hall–Kier alpha value is -1.31. The van der Waals surface area contributed by atoms with Gasteiger partial charge in [-0.3, -0.25) is 9.59 Å². The average Bonchev–Trinajstić information content (AvgIpc) is 2.21. The highest BCUT2D eigenvalue weighted by Crippen LogP contribution is 2.19. The third-order valence-electron chi connectivity index (χ3n) is 1.92. The maximum atomic E-state index is 11.6. The van der Waals surface area contributed by atoms with Crippen molar-refractivity contribution in [3.63, 3.8) is 0 Å². The summed E-state index contributed by atoms with van der Waals surface area (Å²) in [4.78, 5) is 22.1. The van der Waals surface area contributed by atoms with Crippen molar-refractivity contribution >= 4 is 34.5 Å². The standard InChI is InChI=1S/C10H10INO4/c1-5(10(15)16)12-9(14)7-4-6(11)2-3-8(7)13/h2-5,13H,1H3,(H,12,14)(H,15,16). The zero-order valence-electron chi connectivity index (χ0n) is 8.40. The number of nitrogens with one attached hydrogen (secondary N) is 1. The van der Waals surface area contributed by atoms with Gasteiger partial charge in [0.25, 0.3) is 5.91 Å². The second-order valence-corrected chi connectivity index (χ2v) is 4.44. The molecule has 0 spiro atoms. The van der Waals surface area contributed by atoms with Gasteiger partial charge in [-0.05, 0) is 47.7 Å². The first kappa shape index (κ1) is 12.8. The lowest BCUT2D eigenvalue weighted by Crippen LogP contribution is -2.38. The van der Waals surface area contributed by atoms with E-state index >= 15 is 0 Å². The number of carboxylic acids is 1. The van der Waals surface area contributed by atoms with Crippen LogP contribution in [0.3, 0.4) is 0 Å². The fourth-order valence-corrected chi connectivity index (χ4v) is 1.52. The van der Waals surface area contributed by atoms with E-state index < -0.39 is 17.9 Å². The van der Waals surface area contributed by atoms with Gasteiger partial charge in [0, 0.05) is 3.57 Å². The van der Waals surface area contributed by atoms with E-state index in [9.17, 15) is 14.7 Å². The van der Waals surface area contributed by atoms with Crippen molar-refractivity contribution in [1.29, 1.82) is 0 Å². The predicted molar refractivity (Wildman–Crippen MR) is 65.4 cm³/mol. The number of carbonyl (C=O) groups excluding carboxylic acids is 1. The van der Waals surface area contributed by atoms with E-state index in [1.54, 1.807) is 6.07 Å². The molecule has 0 aliphatic carbocycles. The number of rotatable bonds is 3. The lowest BCUT2D eigenvalue weighted by Gasteiger charge is -2.10. The highest BCUT2D eigenvalue weighted by atomic mass is 127. The molecule has 0 saturated carbocycles. The molecule has 0 heterocycles. The Labute approximate surface area is 106 Å². The van der Waals surface area contributed by atoms with Crippen molar-refractivity contribution < 1.29 is 19.8 Å². The van der Waals surface area contributed by atoms with Crippen LogP contribution in [0.25, 0.3) is 0 Å². The van der Waals surface area contributed by atoms with Crippen molar-refractivity contribution in [2.24, 2.45) is 0 Å². The maximum absolute atomic E-state index is 11.6. The monoisotopic (exact) mass is 335 g/mol. The molecular weight excluding hydrogens is 325 g/mol. The molecule has 1 aromatic rings. The van der Waals surface area contributed by atoms with Crippen molar-refractivity contribution in [2.45, 2.75) is 13.0 Å². The molecule has 6 heteroatoms. The van der Waals surface area contributed by atoms with Gasteiger partial charge in [0.2, 0.25) is 0 Å². The number of carboxylic acid groups (broad SMARTS) is 1. The summed E-state index contributed by atoms with van der Waals surface area (Å²) >= 11 is 2.00. The van der Waals surface area contributed by atoms with Crippen molar-refractivity contribution in [3.05, 3.63) is 27.3 Å². The van der Waals surface area contributed by atoms with Gasteiger partial charge in [0.15, 0.2) is 0 Å². The lowest BCUT2D eigenvalue weighted by molar-refractivity contribution is -0.138. The molecule has 1 rings (SSSR count). The molecule has 0 radical (unpaired) electrons. The number of halogens is 1. The largest absolute Gasteiger partial charge is 0.507 e. The van der Waals surface area contributed by atoms with E-state index in [0.717, 1.165) is 3.57 Å². The summed E-state index contributed by atoms with van der Waals surface area (Å²) in [5.74, 6) is -1.90. The number of hydrogen-bond acceptors (Lipinski definition) is 3. The summed E-state index contributed by atoms with van der Waals surface area (Å²) in [5.41, 5.74) is 0.0694. The molecule has 0 aliphatic heterocycles. The second kappa shape index (κ2) is 5.15. The lowest BCUT2D eigenvalue weighted by atomic mass is 10.2. The van der Waals surface area contributed by atoms with E-state index in [1.807, 2.05) is 22.6 Å². The molecule has 0 aliphatic rings. The molecule has 0 bridgehead atoms. The van der Waals surface area contributed by atoms with E-state index in [1.165, 1.54) is 19.1 Å². The Kier molecular flexibility index (Phi) is 4.11. The number of amides is 1. The van der Waals surface area contributed by atoms with Crippen molar-refractivity contribution in [2.75, 3.05) is 0 Å². The molecule has 0 saturated heterocycles. The average molecular weight is 335 g/mol. The van der Waals surface area contributed by atoms with Crippen LogP contribution in [0.1, 0.15) is 17.3 Å². The van der Waals surface area contributed by atoms with Gasteiger partial charge in [-0.1, -0.05) is 0 Å². The highest BCUT2D eigenvalue weighted by molar-refractivity contribution is 14.1. The number of aliphatic carboxylic acids is 1. The minimum atomic E-state index is -1.13. The van der Waals surface area contributed by atoms with Gasteiger partial charge in [-0.15, -0.1) is 0 Å². The van der Waals surface area contributed by atoms with Gasteiger partial charge in [0.05, 0.1) is 5.56 Å². The van der Waals surface area contributed by atoms with Crippen LogP contribution in [0.2, 0.25) is 0 Å².